The molecule has 0 aromatic rings. The Morgan fingerprint density at radius 3 is 2.79 bits per heavy atom. The van der Waals surface area contributed by atoms with E-state index in [9.17, 15) is 0 Å². The molecular formula is C12H24N2. The first-order valence-electron chi connectivity index (χ1n) is 6.25. The van der Waals surface area contributed by atoms with E-state index in [0.717, 1.165) is 18.0 Å². The van der Waals surface area contributed by atoms with E-state index in [1.807, 2.05) is 0 Å². The molecule has 3 unspecified atom stereocenters. The molecule has 2 rings (SSSR count). The van der Waals surface area contributed by atoms with Crippen molar-refractivity contribution in [2.45, 2.75) is 51.1 Å². The van der Waals surface area contributed by atoms with Crippen LogP contribution in [0.1, 0.15) is 39.0 Å². The minimum atomic E-state index is 0.767. The highest BCUT2D eigenvalue weighted by Crippen LogP contribution is 2.30. The maximum atomic E-state index is 3.64. The minimum absolute atomic E-state index is 0.767. The van der Waals surface area contributed by atoms with Gasteiger partial charge in [0.15, 0.2) is 0 Å². The number of nitrogens with zero attached hydrogens (tertiary/aromatic N) is 1. The Balaban J connectivity index is 2.05. The molecule has 0 amide bonds. The van der Waals surface area contributed by atoms with E-state index in [2.05, 4.69) is 24.2 Å². The summed E-state index contributed by atoms with van der Waals surface area (Å²) < 4.78 is 0. The zero-order valence-corrected chi connectivity index (χ0v) is 9.63. The SMILES string of the molecule is CCC1CNCC2CCCCC2N1C. The van der Waals surface area contributed by atoms with Gasteiger partial charge in [0, 0.05) is 18.6 Å². The van der Waals surface area contributed by atoms with E-state index < -0.39 is 0 Å². The third-order valence-electron chi connectivity index (χ3n) is 4.23. The van der Waals surface area contributed by atoms with Crippen molar-refractivity contribution in [3.05, 3.63) is 0 Å². The average Bonchev–Trinajstić information content (AvgIpc) is 2.39. The molecule has 0 radical (unpaired) electrons. The highest BCUT2D eigenvalue weighted by molar-refractivity contribution is 4.89. The molecule has 14 heavy (non-hydrogen) atoms. The topological polar surface area (TPSA) is 15.3 Å². The summed E-state index contributed by atoms with van der Waals surface area (Å²) in [5.74, 6) is 0.922. The molecule has 2 aliphatic rings. The molecule has 1 saturated heterocycles. The van der Waals surface area contributed by atoms with Crippen molar-refractivity contribution in [3.63, 3.8) is 0 Å². The van der Waals surface area contributed by atoms with Crippen molar-refractivity contribution in [2.24, 2.45) is 5.92 Å². The molecule has 0 aromatic heterocycles. The van der Waals surface area contributed by atoms with E-state index in [-0.39, 0.29) is 0 Å². The Morgan fingerprint density at radius 2 is 2.00 bits per heavy atom. The summed E-state index contributed by atoms with van der Waals surface area (Å²) >= 11 is 0. The van der Waals surface area contributed by atoms with Gasteiger partial charge in [0.05, 0.1) is 0 Å². The fourth-order valence-corrected chi connectivity index (χ4v) is 3.24. The normalized spacial score (nSPS) is 40.3. The van der Waals surface area contributed by atoms with Crippen LogP contribution in [0.2, 0.25) is 0 Å². The van der Waals surface area contributed by atoms with Crippen molar-refractivity contribution >= 4 is 0 Å². The third kappa shape index (κ3) is 1.96. The molecule has 1 aliphatic carbocycles. The van der Waals surface area contributed by atoms with Crippen molar-refractivity contribution in [3.8, 4) is 0 Å². The highest BCUT2D eigenvalue weighted by atomic mass is 15.2. The number of fused-ring (bicyclic) bond motifs is 1. The second kappa shape index (κ2) is 4.63. The smallest absolute Gasteiger partial charge is 0.0218 e. The van der Waals surface area contributed by atoms with Gasteiger partial charge in [-0.05, 0) is 38.8 Å². The van der Waals surface area contributed by atoms with Crippen LogP contribution in [0, 0.1) is 5.92 Å². The van der Waals surface area contributed by atoms with Gasteiger partial charge < -0.3 is 5.32 Å². The summed E-state index contributed by atoms with van der Waals surface area (Å²) in [6.07, 6.45) is 7.06. The summed E-state index contributed by atoms with van der Waals surface area (Å²) in [4.78, 5) is 2.66. The molecule has 1 heterocycles. The summed E-state index contributed by atoms with van der Waals surface area (Å²) in [7, 11) is 2.34. The largest absolute Gasteiger partial charge is 0.315 e. The van der Waals surface area contributed by atoms with Gasteiger partial charge in [-0.25, -0.2) is 0 Å². The summed E-state index contributed by atoms with van der Waals surface area (Å²) in [6, 6.07) is 1.63. The molecule has 2 fully saturated rings. The van der Waals surface area contributed by atoms with Gasteiger partial charge in [-0.1, -0.05) is 19.8 Å². The zero-order valence-electron chi connectivity index (χ0n) is 9.63. The minimum Gasteiger partial charge on any atom is -0.315 e. The fourth-order valence-electron chi connectivity index (χ4n) is 3.24. The van der Waals surface area contributed by atoms with Crippen molar-refractivity contribution < 1.29 is 0 Å². The van der Waals surface area contributed by atoms with Gasteiger partial charge in [0.2, 0.25) is 0 Å². The molecule has 3 atom stereocenters. The number of nitrogens with one attached hydrogen (secondary N) is 1. The molecule has 82 valence electrons. The van der Waals surface area contributed by atoms with Crippen LogP contribution in [0.4, 0.5) is 0 Å². The Morgan fingerprint density at radius 1 is 1.21 bits per heavy atom. The predicted octanol–water partition coefficient (Wildman–Crippen LogP) is 1.86. The van der Waals surface area contributed by atoms with E-state index in [4.69, 9.17) is 0 Å². The van der Waals surface area contributed by atoms with E-state index in [0.29, 0.717) is 0 Å². The van der Waals surface area contributed by atoms with E-state index in [1.165, 1.54) is 45.2 Å². The van der Waals surface area contributed by atoms with Gasteiger partial charge in [0.1, 0.15) is 0 Å². The molecule has 2 heteroatoms. The van der Waals surface area contributed by atoms with Crippen LogP contribution in [0.25, 0.3) is 0 Å². The summed E-state index contributed by atoms with van der Waals surface area (Å²) in [6.45, 7) is 4.76. The Labute approximate surface area is 88.1 Å². The molecule has 0 aromatic carbocycles. The Bertz CT molecular complexity index is 181. The van der Waals surface area contributed by atoms with Gasteiger partial charge in [-0.3, -0.25) is 4.90 Å². The second-order valence-electron chi connectivity index (χ2n) is 5.00. The standard InChI is InChI=1S/C12H24N2/c1-3-11-9-13-8-10-6-4-5-7-12(10)14(11)2/h10-13H,3-9H2,1-2H3. The summed E-state index contributed by atoms with van der Waals surface area (Å²) in [5, 5.41) is 3.64. The molecule has 0 spiro atoms. The Hall–Kier alpha value is -0.0800. The first-order valence-corrected chi connectivity index (χ1v) is 6.25. The molecule has 0 bridgehead atoms. The Kier molecular flexibility index (Phi) is 3.45. The van der Waals surface area contributed by atoms with Crippen LogP contribution in [0.3, 0.4) is 0 Å². The average molecular weight is 196 g/mol. The lowest BCUT2D eigenvalue weighted by Gasteiger charge is -2.38. The highest BCUT2D eigenvalue weighted by Gasteiger charge is 2.33. The van der Waals surface area contributed by atoms with Gasteiger partial charge in [0.25, 0.3) is 0 Å². The van der Waals surface area contributed by atoms with Crippen molar-refractivity contribution in [1.29, 1.82) is 0 Å². The number of rotatable bonds is 1. The molecule has 1 aliphatic heterocycles. The maximum absolute atomic E-state index is 3.64. The maximum Gasteiger partial charge on any atom is 0.0218 e. The van der Waals surface area contributed by atoms with Gasteiger partial charge in [-0.15, -0.1) is 0 Å². The molecule has 1 saturated carbocycles. The van der Waals surface area contributed by atoms with E-state index >= 15 is 0 Å². The van der Waals surface area contributed by atoms with Crippen LogP contribution in [0.5, 0.6) is 0 Å². The molecular weight excluding hydrogens is 172 g/mol. The zero-order chi connectivity index (χ0) is 9.97. The first kappa shape index (κ1) is 10.4. The van der Waals surface area contributed by atoms with Gasteiger partial charge >= 0.3 is 0 Å². The van der Waals surface area contributed by atoms with Crippen LogP contribution in [-0.2, 0) is 0 Å². The third-order valence-corrected chi connectivity index (χ3v) is 4.23. The quantitative estimate of drug-likeness (QED) is 0.688. The summed E-state index contributed by atoms with van der Waals surface area (Å²) in [5.41, 5.74) is 0. The predicted molar refractivity (Wildman–Crippen MR) is 60.5 cm³/mol. The lowest BCUT2D eigenvalue weighted by molar-refractivity contribution is 0.110. The number of hydrogen-bond donors (Lipinski definition) is 1. The lowest BCUT2D eigenvalue weighted by Crippen LogP contribution is -2.45. The molecule has 2 nitrogen and oxygen atoms in total. The van der Waals surface area contributed by atoms with Crippen molar-refractivity contribution in [2.75, 3.05) is 20.1 Å². The van der Waals surface area contributed by atoms with Crippen molar-refractivity contribution in [1.82, 2.24) is 10.2 Å². The monoisotopic (exact) mass is 196 g/mol. The van der Waals surface area contributed by atoms with Crippen LogP contribution in [0.15, 0.2) is 0 Å². The van der Waals surface area contributed by atoms with Crippen LogP contribution >= 0.6 is 0 Å². The lowest BCUT2D eigenvalue weighted by atomic mass is 9.83. The number of hydrogen-bond acceptors (Lipinski definition) is 2. The van der Waals surface area contributed by atoms with E-state index in [1.54, 1.807) is 0 Å². The van der Waals surface area contributed by atoms with Gasteiger partial charge in [-0.2, -0.15) is 0 Å². The second-order valence-corrected chi connectivity index (χ2v) is 5.00. The van der Waals surface area contributed by atoms with Crippen LogP contribution < -0.4 is 5.32 Å². The molecule has 1 N–H and O–H groups in total. The fraction of sp³-hybridized carbons (Fsp3) is 1.00. The number of likely N-dealkylation sites (N-methyl/N-ethyl adjacent to an activating group) is 1. The first-order chi connectivity index (χ1) is 6.83. The van der Waals surface area contributed by atoms with Crippen LogP contribution in [-0.4, -0.2) is 37.1 Å².